The number of rotatable bonds is 4. The number of anilines is 2. The van der Waals surface area contributed by atoms with Gasteiger partial charge in [-0.3, -0.25) is 0 Å². The van der Waals surface area contributed by atoms with Crippen molar-refractivity contribution in [1.29, 1.82) is 5.26 Å². The lowest BCUT2D eigenvalue weighted by molar-refractivity contribution is 0.0602. The summed E-state index contributed by atoms with van der Waals surface area (Å²) >= 11 is 0. The van der Waals surface area contributed by atoms with E-state index in [1.165, 1.54) is 13.3 Å². The minimum Gasteiger partial charge on any atom is -0.465 e. The maximum absolute atomic E-state index is 11.5. The van der Waals surface area contributed by atoms with E-state index in [0.717, 1.165) is 5.56 Å². The van der Waals surface area contributed by atoms with Crippen LogP contribution < -0.4 is 11.1 Å². The number of nitrogens with zero attached hydrogens (tertiary/aromatic N) is 2. The molecule has 0 bridgehead atoms. The van der Waals surface area contributed by atoms with E-state index in [4.69, 9.17) is 11.0 Å². The number of carbonyl (C=O) groups excluding carboxylic acids is 1. The molecule has 1 aromatic carbocycles. The van der Waals surface area contributed by atoms with Crippen molar-refractivity contribution in [3.05, 3.63) is 53.2 Å². The molecule has 106 valence electrons. The number of hydrogen-bond acceptors (Lipinski definition) is 6. The number of nitrogen functional groups attached to an aromatic ring is 1. The molecule has 0 amide bonds. The second-order valence-electron chi connectivity index (χ2n) is 4.31. The zero-order valence-corrected chi connectivity index (χ0v) is 11.5. The number of nitriles is 1. The number of methoxy groups -OCH3 is 1. The molecule has 0 spiro atoms. The van der Waals surface area contributed by atoms with Crippen LogP contribution in [0.2, 0.25) is 0 Å². The minimum atomic E-state index is -0.503. The fourth-order valence-corrected chi connectivity index (χ4v) is 1.74. The second kappa shape index (κ2) is 6.39. The highest BCUT2D eigenvalue weighted by molar-refractivity contribution is 5.95. The van der Waals surface area contributed by atoms with Gasteiger partial charge < -0.3 is 15.8 Å². The van der Waals surface area contributed by atoms with E-state index >= 15 is 0 Å². The monoisotopic (exact) mass is 282 g/mol. The van der Waals surface area contributed by atoms with Crippen LogP contribution in [0.5, 0.6) is 0 Å². The van der Waals surface area contributed by atoms with Crippen LogP contribution in [0, 0.1) is 11.3 Å². The van der Waals surface area contributed by atoms with Crippen LogP contribution in [0.3, 0.4) is 0 Å². The van der Waals surface area contributed by atoms with Gasteiger partial charge in [0.15, 0.2) is 0 Å². The first-order chi connectivity index (χ1) is 10.1. The number of benzene rings is 1. The molecule has 1 aromatic heterocycles. The Kier molecular flexibility index (Phi) is 4.36. The smallest absolute Gasteiger partial charge is 0.340 e. The van der Waals surface area contributed by atoms with Crippen LogP contribution >= 0.6 is 0 Å². The molecule has 6 nitrogen and oxygen atoms in total. The van der Waals surface area contributed by atoms with Gasteiger partial charge in [0.2, 0.25) is 0 Å². The number of nitrogens with one attached hydrogen (secondary N) is 1. The summed E-state index contributed by atoms with van der Waals surface area (Å²) in [5.41, 5.74) is 7.83. The molecule has 2 aromatic rings. The zero-order chi connectivity index (χ0) is 15.2. The third-order valence-electron chi connectivity index (χ3n) is 2.90. The summed E-state index contributed by atoms with van der Waals surface area (Å²) in [7, 11) is 1.30. The fraction of sp³-hybridized carbons (Fsp3) is 0.133. The third-order valence-corrected chi connectivity index (χ3v) is 2.90. The highest BCUT2D eigenvalue weighted by Crippen LogP contribution is 2.16. The summed E-state index contributed by atoms with van der Waals surface area (Å²) in [5.74, 6) is 0.0188. The molecule has 0 atom stereocenters. The number of ether oxygens (including phenoxy) is 1. The van der Waals surface area contributed by atoms with E-state index in [2.05, 4.69) is 21.1 Å². The first kappa shape index (κ1) is 14.3. The number of aromatic nitrogens is 1. The SMILES string of the molecule is COC(=O)c1cc(NCc2ccc(C#N)cc2)ncc1N. The van der Waals surface area contributed by atoms with E-state index in [0.29, 0.717) is 17.9 Å². The van der Waals surface area contributed by atoms with Gasteiger partial charge in [0.25, 0.3) is 0 Å². The van der Waals surface area contributed by atoms with Crippen molar-refractivity contribution < 1.29 is 9.53 Å². The molecule has 0 aliphatic carbocycles. The molecule has 0 aliphatic heterocycles. The third kappa shape index (κ3) is 3.48. The lowest BCUT2D eigenvalue weighted by atomic mass is 10.1. The lowest BCUT2D eigenvalue weighted by Gasteiger charge is -2.09. The Balaban J connectivity index is 2.09. The summed E-state index contributed by atoms with van der Waals surface area (Å²) < 4.78 is 4.66. The topological polar surface area (TPSA) is 101 Å². The van der Waals surface area contributed by atoms with E-state index in [9.17, 15) is 4.79 Å². The highest BCUT2D eigenvalue weighted by Gasteiger charge is 2.11. The average Bonchev–Trinajstić information content (AvgIpc) is 2.53. The van der Waals surface area contributed by atoms with Crippen LogP contribution in [0.15, 0.2) is 36.5 Å². The molecule has 1 heterocycles. The molecule has 0 unspecified atom stereocenters. The summed E-state index contributed by atoms with van der Waals surface area (Å²) in [6.45, 7) is 0.517. The average molecular weight is 282 g/mol. The maximum atomic E-state index is 11.5. The molecule has 2 rings (SSSR count). The van der Waals surface area contributed by atoms with Gasteiger partial charge in [0, 0.05) is 6.54 Å². The van der Waals surface area contributed by atoms with Crippen molar-refractivity contribution in [2.75, 3.05) is 18.2 Å². The molecule has 0 radical (unpaired) electrons. The minimum absolute atomic E-state index is 0.269. The van der Waals surface area contributed by atoms with Gasteiger partial charge in [-0.05, 0) is 23.8 Å². The first-order valence-electron chi connectivity index (χ1n) is 6.21. The van der Waals surface area contributed by atoms with Gasteiger partial charge in [-0.25, -0.2) is 9.78 Å². The Labute approximate surface area is 122 Å². The van der Waals surface area contributed by atoms with Crippen molar-refractivity contribution in [2.45, 2.75) is 6.54 Å². The predicted octanol–water partition coefficient (Wildman–Crippen LogP) is 1.93. The highest BCUT2D eigenvalue weighted by atomic mass is 16.5. The maximum Gasteiger partial charge on any atom is 0.340 e. The van der Waals surface area contributed by atoms with Gasteiger partial charge in [0.05, 0.1) is 36.2 Å². The van der Waals surface area contributed by atoms with Crippen LogP contribution in [-0.4, -0.2) is 18.1 Å². The van der Waals surface area contributed by atoms with Gasteiger partial charge in [-0.15, -0.1) is 0 Å². The molecular formula is C15H14N4O2. The summed E-state index contributed by atoms with van der Waals surface area (Å²) in [6, 6.07) is 10.8. The quantitative estimate of drug-likeness (QED) is 0.831. The van der Waals surface area contributed by atoms with Crippen LogP contribution in [-0.2, 0) is 11.3 Å². The Morgan fingerprint density at radius 1 is 1.43 bits per heavy atom. The largest absolute Gasteiger partial charge is 0.465 e. The fourth-order valence-electron chi connectivity index (χ4n) is 1.74. The van der Waals surface area contributed by atoms with Gasteiger partial charge in [-0.1, -0.05) is 12.1 Å². The van der Waals surface area contributed by atoms with Crippen LogP contribution in [0.25, 0.3) is 0 Å². The van der Waals surface area contributed by atoms with Crippen molar-refractivity contribution in [3.8, 4) is 6.07 Å². The van der Waals surface area contributed by atoms with Gasteiger partial charge in [-0.2, -0.15) is 5.26 Å². The normalized spacial score (nSPS) is 9.71. The van der Waals surface area contributed by atoms with Crippen LogP contribution in [0.1, 0.15) is 21.5 Å². The van der Waals surface area contributed by atoms with E-state index in [1.807, 2.05) is 12.1 Å². The van der Waals surface area contributed by atoms with E-state index in [-0.39, 0.29) is 11.3 Å². The molecule has 0 saturated heterocycles. The lowest BCUT2D eigenvalue weighted by Crippen LogP contribution is -2.08. The number of esters is 1. The van der Waals surface area contributed by atoms with E-state index < -0.39 is 5.97 Å². The van der Waals surface area contributed by atoms with Gasteiger partial charge in [0.1, 0.15) is 5.82 Å². The van der Waals surface area contributed by atoms with Crippen LogP contribution in [0.4, 0.5) is 11.5 Å². The summed E-state index contributed by atoms with van der Waals surface area (Å²) in [4.78, 5) is 15.7. The molecule has 21 heavy (non-hydrogen) atoms. The molecule has 0 aliphatic rings. The summed E-state index contributed by atoms with van der Waals surface area (Å²) in [5, 5.41) is 11.8. The van der Waals surface area contributed by atoms with Crippen molar-refractivity contribution in [2.24, 2.45) is 0 Å². The number of nitrogens with two attached hydrogens (primary N) is 1. The second-order valence-corrected chi connectivity index (χ2v) is 4.31. The molecule has 0 saturated carbocycles. The number of carbonyl (C=O) groups is 1. The van der Waals surface area contributed by atoms with Crippen molar-refractivity contribution in [3.63, 3.8) is 0 Å². The number of pyridine rings is 1. The molecule has 6 heteroatoms. The standard InChI is InChI=1S/C15H14N4O2/c1-21-15(20)12-6-14(19-9-13(12)17)18-8-11-4-2-10(7-16)3-5-11/h2-6,9H,8,17H2,1H3,(H,18,19). The Bertz CT molecular complexity index is 690. The first-order valence-corrected chi connectivity index (χ1v) is 6.21. The number of hydrogen-bond donors (Lipinski definition) is 2. The Hall–Kier alpha value is -3.07. The van der Waals surface area contributed by atoms with E-state index in [1.54, 1.807) is 18.2 Å². The van der Waals surface area contributed by atoms with Crippen molar-refractivity contribution >= 4 is 17.5 Å². The molecule has 0 fully saturated rings. The van der Waals surface area contributed by atoms with Crippen molar-refractivity contribution in [1.82, 2.24) is 4.98 Å². The van der Waals surface area contributed by atoms with Gasteiger partial charge >= 0.3 is 5.97 Å². The Morgan fingerprint density at radius 3 is 2.76 bits per heavy atom. The zero-order valence-electron chi connectivity index (χ0n) is 11.5. The predicted molar refractivity (Wildman–Crippen MR) is 78.5 cm³/mol. The Morgan fingerprint density at radius 2 is 2.14 bits per heavy atom. The molecular weight excluding hydrogens is 268 g/mol. The molecule has 3 N–H and O–H groups in total. The summed E-state index contributed by atoms with van der Waals surface area (Å²) in [6.07, 6.45) is 1.41.